The van der Waals surface area contributed by atoms with Crippen LogP contribution in [0.4, 0.5) is 0 Å². The maximum Gasteiger partial charge on any atom is 0.306 e. The monoisotopic (exact) mass is 425 g/mol. The van der Waals surface area contributed by atoms with Crippen LogP contribution in [-0.2, 0) is 32.3 Å². The van der Waals surface area contributed by atoms with Crippen molar-refractivity contribution in [2.75, 3.05) is 19.6 Å². The second-order valence-electron chi connectivity index (χ2n) is 7.69. The molecule has 0 spiro atoms. The van der Waals surface area contributed by atoms with E-state index in [2.05, 4.69) is 11.8 Å². The summed E-state index contributed by atoms with van der Waals surface area (Å²) in [5.41, 5.74) is 2.00. The highest BCUT2D eigenvalue weighted by Crippen LogP contribution is 2.07. The Kier molecular flexibility index (Phi) is 12.1. The Bertz CT molecular complexity index is 687. The van der Waals surface area contributed by atoms with Crippen LogP contribution in [0.1, 0.15) is 56.6 Å². The molecule has 5 heteroatoms. The molecule has 0 saturated carbocycles. The summed E-state index contributed by atoms with van der Waals surface area (Å²) in [7, 11) is 0. The minimum absolute atomic E-state index is 0.163. The first kappa shape index (κ1) is 24.6. The van der Waals surface area contributed by atoms with Gasteiger partial charge in [0.2, 0.25) is 0 Å². The zero-order valence-corrected chi connectivity index (χ0v) is 18.6. The number of benzene rings is 2. The van der Waals surface area contributed by atoms with E-state index >= 15 is 0 Å². The molecule has 0 aliphatic heterocycles. The summed E-state index contributed by atoms with van der Waals surface area (Å²) >= 11 is 0. The number of esters is 2. The molecule has 0 radical (unpaired) electrons. The minimum atomic E-state index is -0.163. The average molecular weight is 426 g/mol. The largest absolute Gasteiger partial charge is 0.461 e. The molecule has 0 heterocycles. The summed E-state index contributed by atoms with van der Waals surface area (Å²) in [6.07, 6.45) is 4.57. The van der Waals surface area contributed by atoms with Crippen molar-refractivity contribution >= 4 is 11.9 Å². The van der Waals surface area contributed by atoms with Crippen LogP contribution in [0.2, 0.25) is 0 Å². The third-order valence-corrected chi connectivity index (χ3v) is 5.02. The van der Waals surface area contributed by atoms with Crippen LogP contribution in [0.25, 0.3) is 0 Å². The van der Waals surface area contributed by atoms with Gasteiger partial charge in [-0.1, -0.05) is 74.0 Å². The van der Waals surface area contributed by atoms with E-state index in [0.717, 1.165) is 56.4 Å². The molecular formula is C26H35NO4. The van der Waals surface area contributed by atoms with Gasteiger partial charge in [0.1, 0.15) is 13.2 Å². The molecule has 2 aromatic carbocycles. The van der Waals surface area contributed by atoms with Gasteiger partial charge in [-0.05, 0) is 50.0 Å². The summed E-state index contributed by atoms with van der Waals surface area (Å²) in [4.78, 5) is 26.3. The van der Waals surface area contributed by atoms with Crippen molar-refractivity contribution in [2.24, 2.45) is 0 Å². The normalized spacial score (nSPS) is 10.8. The molecule has 2 aromatic rings. The Morgan fingerprint density at radius 1 is 0.677 bits per heavy atom. The number of carbonyl (C=O) groups excluding carboxylic acids is 2. The summed E-state index contributed by atoms with van der Waals surface area (Å²) in [5.74, 6) is -0.326. The van der Waals surface area contributed by atoms with E-state index in [4.69, 9.17) is 9.47 Å². The van der Waals surface area contributed by atoms with Gasteiger partial charge < -0.3 is 14.4 Å². The van der Waals surface area contributed by atoms with Crippen molar-refractivity contribution in [3.05, 3.63) is 71.8 Å². The van der Waals surface area contributed by atoms with Gasteiger partial charge in [-0.25, -0.2) is 0 Å². The van der Waals surface area contributed by atoms with Gasteiger partial charge in [0, 0.05) is 12.8 Å². The lowest BCUT2D eigenvalue weighted by Gasteiger charge is -2.21. The first-order chi connectivity index (χ1) is 15.2. The van der Waals surface area contributed by atoms with E-state index in [1.165, 1.54) is 0 Å². The van der Waals surface area contributed by atoms with Gasteiger partial charge in [-0.3, -0.25) is 9.59 Å². The lowest BCUT2D eigenvalue weighted by molar-refractivity contribution is -0.145. The summed E-state index contributed by atoms with van der Waals surface area (Å²) in [5, 5.41) is 0. The molecule has 0 N–H and O–H groups in total. The van der Waals surface area contributed by atoms with Crippen LogP contribution in [0.15, 0.2) is 60.7 Å². The van der Waals surface area contributed by atoms with Crippen molar-refractivity contribution in [3.63, 3.8) is 0 Å². The predicted molar refractivity (Wildman–Crippen MR) is 122 cm³/mol. The predicted octanol–water partition coefficient (Wildman–Crippen LogP) is 5.14. The Labute approximate surface area is 186 Å². The maximum atomic E-state index is 12.0. The molecule has 0 aromatic heterocycles. The van der Waals surface area contributed by atoms with Crippen molar-refractivity contribution in [1.82, 2.24) is 4.90 Å². The maximum absolute atomic E-state index is 12.0. The molecule has 2 rings (SSSR count). The Morgan fingerprint density at radius 2 is 1.10 bits per heavy atom. The lowest BCUT2D eigenvalue weighted by Crippen LogP contribution is -2.28. The van der Waals surface area contributed by atoms with Gasteiger partial charge >= 0.3 is 11.9 Å². The fourth-order valence-electron chi connectivity index (χ4n) is 3.23. The molecule has 0 bridgehead atoms. The van der Waals surface area contributed by atoms with E-state index in [-0.39, 0.29) is 11.9 Å². The highest BCUT2D eigenvalue weighted by Gasteiger charge is 2.10. The van der Waals surface area contributed by atoms with Crippen LogP contribution in [0, 0.1) is 0 Å². The van der Waals surface area contributed by atoms with E-state index in [9.17, 15) is 9.59 Å². The van der Waals surface area contributed by atoms with Crippen molar-refractivity contribution < 1.29 is 19.1 Å². The first-order valence-electron chi connectivity index (χ1n) is 11.3. The third-order valence-electron chi connectivity index (χ3n) is 5.02. The summed E-state index contributed by atoms with van der Waals surface area (Å²) < 4.78 is 10.7. The molecule has 0 amide bonds. The topological polar surface area (TPSA) is 55.8 Å². The van der Waals surface area contributed by atoms with E-state index in [0.29, 0.717) is 26.1 Å². The zero-order chi connectivity index (χ0) is 22.2. The number of hydrogen-bond acceptors (Lipinski definition) is 5. The Morgan fingerprint density at radius 3 is 1.52 bits per heavy atom. The van der Waals surface area contributed by atoms with Crippen molar-refractivity contribution in [3.8, 4) is 0 Å². The van der Waals surface area contributed by atoms with Gasteiger partial charge in [0.05, 0.1) is 0 Å². The van der Waals surface area contributed by atoms with Crippen LogP contribution in [-0.4, -0.2) is 36.5 Å². The highest BCUT2D eigenvalue weighted by molar-refractivity contribution is 5.69. The molecule has 0 fully saturated rings. The van der Waals surface area contributed by atoms with Crippen LogP contribution in [0.5, 0.6) is 0 Å². The van der Waals surface area contributed by atoms with Crippen LogP contribution in [0.3, 0.4) is 0 Å². The molecular weight excluding hydrogens is 390 g/mol. The fraction of sp³-hybridized carbons (Fsp3) is 0.462. The first-order valence-corrected chi connectivity index (χ1v) is 11.3. The summed E-state index contributed by atoms with van der Waals surface area (Å²) in [6.45, 7) is 5.46. The van der Waals surface area contributed by atoms with E-state index in [1.54, 1.807) is 0 Å². The third kappa shape index (κ3) is 11.3. The van der Waals surface area contributed by atoms with Crippen LogP contribution >= 0.6 is 0 Å². The average Bonchev–Trinajstić information content (AvgIpc) is 2.81. The summed E-state index contributed by atoms with van der Waals surface area (Å²) in [6, 6.07) is 19.4. The minimum Gasteiger partial charge on any atom is -0.461 e. The number of unbranched alkanes of at least 4 members (excludes halogenated alkanes) is 1. The highest BCUT2D eigenvalue weighted by atomic mass is 16.5. The van der Waals surface area contributed by atoms with Crippen LogP contribution < -0.4 is 0 Å². The van der Waals surface area contributed by atoms with E-state index < -0.39 is 0 Å². The number of nitrogens with zero attached hydrogens (tertiary/aromatic N) is 1. The van der Waals surface area contributed by atoms with Crippen molar-refractivity contribution in [1.29, 1.82) is 0 Å². The number of rotatable bonds is 15. The molecule has 168 valence electrons. The second-order valence-corrected chi connectivity index (χ2v) is 7.69. The Balaban J connectivity index is 1.61. The van der Waals surface area contributed by atoms with Crippen molar-refractivity contribution in [2.45, 2.75) is 58.7 Å². The molecule has 0 aliphatic carbocycles. The SMILES string of the molecule is CCCCN(CCCC(=O)OCc1ccccc1)CCCC(=O)OCc1ccccc1. The number of carbonyl (C=O) groups is 2. The smallest absolute Gasteiger partial charge is 0.306 e. The van der Waals surface area contributed by atoms with Gasteiger partial charge in [0.25, 0.3) is 0 Å². The lowest BCUT2D eigenvalue weighted by atomic mass is 10.2. The zero-order valence-electron chi connectivity index (χ0n) is 18.6. The standard InChI is InChI=1S/C26H35NO4/c1-2-3-18-27(19-10-16-25(28)30-21-23-12-6-4-7-13-23)20-11-17-26(29)31-22-24-14-8-5-9-15-24/h4-9,12-15H,2-3,10-11,16-22H2,1H3. The second kappa shape index (κ2) is 15.2. The number of ether oxygens (including phenoxy) is 2. The van der Waals surface area contributed by atoms with Gasteiger partial charge in [0.15, 0.2) is 0 Å². The fourth-order valence-corrected chi connectivity index (χ4v) is 3.23. The van der Waals surface area contributed by atoms with Gasteiger partial charge in [-0.2, -0.15) is 0 Å². The molecule has 5 nitrogen and oxygen atoms in total. The molecule has 0 atom stereocenters. The molecule has 0 saturated heterocycles. The molecule has 31 heavy (non-hydrogen) atoms. The Hall–Kier alpha value is -2.66. The molecule has 0 unspecified atom stereocenters. The quantitative estimate of drug-likeness (QED) is 0.370. The van der Waals surface area contributed by atoms with Gasteiger partial charge in [-0.15, -0.1) is 0 Å². The number of hydrogen-bond donors (Lipinski definition) is 0. The molecule has 0 aliphatic rings. The van der Waals surface area contributed by atoms with E-state index in [1.807, 2.05) is 60.7 Å².